The summed E-state index contributed by atoms with van der Waals surface area (Å²) in [4.78, 5) is 0. The molecule has 0 bridgehead atoms. The summed E-state index contributed by atoms with van der Waals surface area (Å²) in [5.41, 5.74) is 18.6. The molecule has 0 heterocycles. The molecule has 0 amide bonds. The van der Waals surface area contributed by atoms with Crippen LogP contribution in [0.1, 0.15) is 50.1 Å². The fourth-order valence-corrected chi connectivity index (χ4v) is 12.1. The molecule has 1 atom stereocenters. The van der Waals surface area contributed by atoms with E-state index < -0.39 is 10.8 Å². The van der Waals surface area contributed by atoms with Gasteiger partial charge in [0.1, 0.15) is 5.75 Å². The molecule has 1 unspecified atom stereocenters. The molecule has 316 valence electrons. The minimum Gasteiger partial charge on any atom is -0.507 e. The van der Waals surface area contributed by atoms with Gasteiger partial charge in [0.15, 0.2) is 0 Å². The van der Waals surface area contributed by atoms with Gasteiger partial charge in [0.25, 0.3) is 0 Å². The number of hydrogen-bond acceptors (Lipinski definition) is 2. The Balaban J connectivity index is 0.948. The molecular formula is C65H45NO. The fourth-order valence-electron chi connectivity index (χ4n) is 12.1. The Morgan fingerprint density at radius 3 is 1.58 bits per heavy atom. The Bertz CT molecular complexity index is 3610. The summed E-state index contributed by atoms with van der Waals surface area (Å²) in [5.74, 6) is 0.314. The largest absolute Gasteiger partial charge is 0.507 e. The lowest BCUT2D eigenvalue weighted by Crippen LogP contribution is -2.30. The van der Waals surface area contributed by atoms with Gasteiger partial charge in [-0.05, 0) is 125 Å². The number of aryl methyl sites for hydroxylation is 1. The van der Waals surface area contributed by atoms with Crippen LogP contribution in [0.15, 0.2) is 243 Å². The Kier molecular flexibility index (Phi) is 8.75. The predicted molar refractivity (Wildman–Crippen MR) is 278 cm³/mol. The Labute approximate surface area is 391 Å². The van der Waals surface area contributed by atoms with Gasteiger partial charge in [-0.15, -0.1) is 0 Å². The predicted octanol–water partition coefficient (Wildman–Crippen LogP) is 16.1. The van der Waals surface area contributed by atoms with E-state index in [0.717, 1.165) is 44.4 Å². The highest BCUT2D eigenvalue weighted by molar-refractivity contribution is 6.00. The smallest absolute Gasteiger partial charge is 0.128 e. The monoisotopic (exact) mass is 855 g/mol. The van der Waals surface area contributed by atoms with E-state index in [4.69, 9.17) is 0 Å². The zero-order valence-corrected chi connectivity index (χ0v) is 37.0. The Morgan fingerprint density at radius 2 is 0.866 bits per heavy atom. The van der Waals surface area contributed by atoms with Crippen molar-refractivity contribution in [3.63, 3.8) is 0 Å². The number of phenols is 1. The Morgan fingerprint density at radius 1 is 0.343 bits per heavy atom. The molecule has 2 heteroatoms. The van der Waals surface area contributed by atoms with Gasteiger partial charge in [-0.25, -0.2) is 0 Å². The molecule has 11 aromatic rings. The number of phenolic OH excluding ortho intramolecular Hbond substituents is 1. The van der Waals surface area contributed by atoms with Crippen LogP contribution in [0.3, 0.4) is 0 Å². The molecule has 2 aliphatic rings. The summed E-state index contributed by atoms with van der Waals surface area (Å²) in [5, 5.41) is 20.7. The van der Waals surface area contributed by atoms with Crippen molar-refractivity contribution in [1.29, 1.82) is 0 Å². The van der Waals surface area contributed by atoms with Gasteiger partial charge >= 0.3 is 0 Å². The highest BCUT2D eigenvalue weighted by atomic mass is 16.3. The first-order valence-electron chi connectivity index (χ1n) is 23.2. The molecule has 0 fully saturated rings. The van der Waals surface area contributed by atoms with Crippen LogP contribution in [0.4, 0.5) is 11.4 Å². The molecule has 0 spiro atoms. The first-order chi connectivity index (χ1) is 33.1. The number of anilines is 2. The third-order valence-electron chi connectivity index (χ3n) is 14.9. The van der Waals surface area contributed by atoms with Crippen LogP contribution in [-0.2, 0) is 10.8 Å². The molecule has 0 aromatic heterocycles. The van der Waals surface area contributed by atoms with E-state index >= 15 is 0 Å². The molecule has 2 aliphatic carbocycles. The van der Waals surface area contributed by atoms with Gasteiger partial charge in [0.2, 0.25) is 0 Å². The highest BCUT2D eigenvalue weighted by Crippen LogP contribution is 2.61. The second-order valence-electron chi connectivity index (χ2n) is 18.2. The van der Waals surface area contributed by atoms with E-state index in [1.807, 2.05) is 18.2 Å². The summed E-state index contributed by atoms with van der Waals surface area (Å²) >= 11 is 0. The van der Waals surface area contributed by atoms with Crippen molar-refractivity contribution in [3.8, 4) is 39.1 Å². The van der Waals surface area contributed by atoms with E-state index in [2.05, 4.69) is 237 Å². The molecule has 13 rings (SSSR count). The third-order valence-corrected chi connectivity index (χ3v) is 14.9. The molecule has 67 heavy (non-hydrogen) atoms. The number of nitrogens with one attached hydrogen (secondary N) is 1. The van der Waals surface area contributed by atoms with Crippen LogP contribution in [0.25, 0.3) is 54.9 Å². The number of hydrogen-bond donors (Lipinski definition) is 2. The van der Waals surface area contributed by atoms with Crippen LogP contribution in [-0.4, -0.2) is 5.11 Å². The SMILES string of the molecule is Cc1c(C2(c3ccc4ccccc4c3O)c3ccccc3-c3c(-c4ccc(Nc5ccc6c(c5)C(c5ccccc5)(c5ccccc5)c5ccccc5-6)cc4)cccc32)ccc2ccccc12. The molecule has 2 nitrogen and oxygen atoms in total. The second kappa shape index (κ2) is 15.1. The summed E-state index contributed by atoms with van der Waals surface area (Å²) in [7, 11) is 0. The van der Waals surface area contributed by atoms with E-state index in [0.29, 0.717) is 5.75 Å². The number of benzene rings is 11. The minimum atomic E-state index is -0.798. The lowest BCUT2D eigenvalue weighted by Gasteiger charge is -2.36. The van der Waals surface area contributed by atoms with Crippen LogP contribution < -0.4 is 5.32 Å². The average Bonchev–Trinajstić information content (AvgIpc) is 3.86. The lowest BCUT2D eigenvalue weighted by molar-refractivity contribution is 0.467. The van der Waals surface area contributed by atoms with Crippen LogP contribution in [0, 0.1) is 6.92 Å². The first kappa shape index (κ1) is 39.0. The lowest BCUT2D eigenvalue weighted by atomic mass is 9.65. The fraction of sp³-hybridized carbons (Fsp3) is 0.0462. The topological polar surface area (TPSA) is 32.3 Å². The van der Waals surface area contributed by atoms with Crippen molar-refractivity contribution in [3.05, 3.63) is 293 Å². The summed E-state index contributed by atoms with van der Waals surface area (Å²) in [6, 6.07) is 87.8. The molecule has 0 saturated carbocycles. The molecule has 0 aliphatic heterocycles. The van der Waals surface area contributed by atoms with Gasteiger partial charge in [0, 0.05) is 22.3 Å². The quantitative estimate of drug-likeness (QED) is 0.167. The molecule has 11 aromatic carbocycles. The molecule has 0 radical (unpaired) electrons. The number of fused-ring (bicyclic) bond motifs is 8. The zero-order chi connectivity index (χ0) is 44.7. The van der Waals surface area contributed by atoms with E-state index in [1.165, 1.54) is 72.0 Å². The number of rotatable bonds is 7. The highest BCUT2D eigenvalue weighted by Gasteiger charge is 2.50. The maximum Gasteiger partial charge on any atom is 0.128 e. The van der Waals surface area contributed by atoms with Gasteiger partial charge in [-0.1, -0.05) is 218 Å². The van der Waals surface area contributed by atoms with Crippen LogP contribution in [0.5, 0.6) is 5.75 Å². The van der Waals surface area contributed by atoms with E-state index in [-0.39, 0.29) is 0 Å². The third kappa shape index (κ3) is 5.57. The average molecular weight is 856 g/mol. The van der Waals surface area contributed by atoms with Crippen molar-refractivity contribution >= 4 is 32.9 Å². The van der Waals surface area contributed by atoms with Crippen LogP contribution >= 0.6 is 0 Å². The molecule has 2 N–H and O–H groups in total. The summed E-state index contributed by atoms with van der Waals surface area (Å²) < 4.78 is 0. The van der Waals surface area contributed by atoms with Gasteiger partial charge in [-0.3, -0.25) is 0 Å². The van der Waals surface area contributed by atoms with Crippen molar-refractivity contribution in [2.75, 3.05) is 5.32 Å². The van der Waals surface area contributed by atoms with Crippen molar-refractivity contribution in [1.82, 2.24) is 0 Å². The molecular weight excluding hydrogens is 811 g/mol. The minimum absolute atomic E-state index is 0.314. The maximum atomic E-state index is 12.6. The normalized spacial score (nSPS) is 15.2. The van der Waals surface area contributed by atoms with E-state index in [9.17, 15) is 5.11 Å². The Hall–Kier alpha value is -8.46. The first-order valence-corrected chi connectivity index (χ1v) is 23.2. The zero-order valence-electron chi connectivity index (χ0n) is 37.0. The van der Waals surface area contributed by atoms with Crippen molar-refractivity contribution in [2.24, 2.45) is 0 Å². The molecule has 0 saturated heterocycles. The number of aromatic hydroxyl groups is 1. The second-order valence-corrected chi connectivity index (χ2v) is 18.2. The van der Waals surface area contributed by atoms with Gasteiger partial charge in [0.05, 0.1) is 10.8 Å². The van der Waals surface area contributed by atoms with Gasteiger partial charge in [-0.2, -0.15) is 0 Å². The summed E-state index contributed by atoms with van der Waals surface area (Å²) in [6.45, 7) is 2.25. The standard InChI is InChI=1S/C65H45NO/c1-42-50-23-10-8-17-43(50)33-39-56(42)65(60-40-34-44-18-9-11-24-52(44)63(60)67)58-29-15-13-26-55(58)62-51(27-16-30-59(62)65)45-31-35-48(36-32-45)66-49-37-38-54-53-25-12-14-28-57(53)64(61(54)41-49,46-19-4-2-5-20-46)47-21-6-3-7-22-47/h2-41,66-67H,1H3. The van der Waals surface area contributed by atoms with Crippen LogP contribution in [0.2, 0.25) is 0 Å². The van der Waals surface area contributed by atoms with Crippen molar-refractivity contribution < 1.29 is 5.11 Å². The maximum absolute atomic E-state index is 12.6. The van der Waals surface area contributed by atoms with Gasteiger partial charge < -0.3 is 10.4 Å². The van der Waals surface area contributed by atoms with Crippen molar-refractivity contribution in [2.45, 2.75) is 17.8 Å². The summed E-state index contributed by atoms with van der Waals surface area (Å²) in [6.07, 6.45) is 0. The van der Waals surface area contributed by atoms with E-state index in [1.54, 1.807) is 0 Å².